The summed E-state index contributed by atoms with van der Waals surface area (Å²) in [6, 6.07) is 16.0. The zero-order chi connectivity index (χ0) is 19.1. The maximum absolute atomic E-state index is 12.5. The van der Waals surface area contributed by atoms with Crippen molar-refractivity contribution in [1.82, 2.24) is 4.90 Å². The van der Waals surface area contributed by atoms with E-state index < -0.39 is 0 Å². The molecule has 4 nitrogen and oxygen atoms in total. The smallest absolute Gasteiger partial charge is 0.226 e. The van der Waals surface area contributed by atoms with Crippen LogP contribution in [0.3, 0.4) is 0 Å². The number of amides is 1. The highest BCUT2D eigenvalue weighted by molar-refractivity contribution is 5.85. The normalized spacial score (nSPS) is 14.4. The number of halogens is 1. The molecule has 2 aromatic rings. The average Bonchev–Trinajstić information content (AvgIpc) is 2.70. The number of carbonyl (C=O) groups is 1. The summed E-state index contributed by atoms with van der Waals surface area (Å²) in [5.74, 6) is 1.87. The molecule has 0 spiro atoms. The largest absolute Gasteiger partial charge is 0.494 e. The molecule has 1 fully saturated rings. The summed E-state index contributed by atoms with van der Waals surface area (Å²) < 4.78 is 5.49. The highest BCUT2D eigenvalue weighted by Gasteiger charge is 2.22. The number of rotatable bonds is 7. The second-order valence-corrected chi connectivity index (χ2v) is 7.36. The lowest BCUT2D eigenvalue weighted by Gasteiger charge is -2.32. The van der Waals surface area contributed by atoms with Gasteiger partial charge in [0.05, 0.1) is 13.0 Å². The van der Waals surface area contributed by atoms with Gasteiger partial charge in [0.15, 0.2) is 0 Å². The fraction of sp³-hybridized carbons (Fsp3) is 0.435. The Morgan fingerprint density at radius 2 is 1.64 bits per heavy atom. The number of aryl methyl sites for hydroxylation is 1. The van der Waals surface area contributed by atoms with Gasteiger partial charge in [-0.3, -0.25) is 4.79 Å². The molecule has 0 aromatic heterocycles. The summed E-state index contributed by atoms with van der Waals surface area (Å²) in [5, 5.41) is 0. The maximum atomic E-state index is 12.5. The average molecular weight is 403 g/mol. The lowest BCUT2D eigenvalue weighted by molar-refractivity contribution is -0.131. The van der Waals surface area contributed by atoms with Crippen molar-refractivity contribution in [3.05, 3.63) is 59.7 Å². The Bertz CT molecular complexity index is 723. The summed E-state index contributed by atoms with van der Waals surface area (Å²) >= 11 is 0. The zero-order valence-electron chi connectivity index (χ0n) is 16.6. The summed E-state index contributed by atoms with van der Waals surface area (Å²) in [7, 11) is 0. The lowest BCUT2D eigenvalue weighted by atomic mass is 9.90. The van der Waals surface area contributed by atoms with Gasteiger partial charge in [-0.15, -0.1) is 12.4 Å². The third kappa shape index (κ3) is 6.45. The predicted molar refractivity (Wildman–Crippen MR) is 117 cm³/mol. The number of anilines is 1. The fourth-order valence-corrected chi connectivity index (χ4v) is 3.68. The van der Waals surface area contributed by atoms with Crippen molar-refractivity contribution in [2.75, 3.05) is 25.4 Å². The molecule has 1 aliphatic heterocycles. The van der Waals surface area contributed by atoms with E-state index in [1.807, 2.05) is 36.1 Å². The van der Waals surface area contributed by atoms with Crippen LogP contribution in [0.15, 0.2) is 48.5 Å². The molecule has 0 saturated carbocycles. The van der Waals surface area contributed by atoms with Gasteiger partial charge in [-0.25, -0.2) is 0 Å². The molecule has 1 amide bonds. The molecule has 1 heterocycles. The molecule has 152 valence electrons. The van der Waals surface area contributed by atoms with E-state index >= 15 is 0 Å². The Balaban J connectivity index is 0.00000280. The van der Waals surface area contributed by atoms with Crippen LogP contribution in [0.25, 0.3) is 0 Å². The number of carbonyl (C=O) groups excluding carboxylic acids is 1. The van der Waals surface area contributed by atoms with Crippen molar-refractivity contribution in [2.45, 2.75) is 39.0 Å². The number of benzene rings is 2. The van der Waals surface area contributed by atoms with Crippen LogP contribution in [0.5, 0.6) is 5.75 Å². The summed E-state index contributed by atoms with van der Waals surface area (Å²) in [5.41, 5.74) is 8.84. The SMILES string of the molecule is CCOc1ccc(CCC2CCN(C(=O)Cc3ccc(N)cc3)CC2)cc1.Cl. The first-order valence-electron chi connectivity index (χ1n) is 9.98. The third-order valence-corrected chi connectivity index (χ3v) is 5.38. The van der Waals surface area contributed by atoms with E-state index in [0.29, 0.717) is 18.9 Å². The third-order valence-electron chi connectivity index (χ3n) is 5.38. The number of piperidine rings is 1. The molecule has 5 heteroatoms. The number of hydrogen-bond donors (Lipinski definition) is 1. The topological polar surface area (TPSA) is 55.6 Å². The van der Waals surface area contributed by atoms with E-state index in [9.17, 15) is 4.79 Å². The van der Waals surface area contributed by atoms with E-state index in [0.717, 1.165) is 49.4 Å². The van der Waals surface area contributed by atoms with Crippen LogP contribution in [0.1, 0.15) is 37.3 Å². The zero-order valence-corrected chi connectivity index (χ0v) is 17.4. The number of likely N-dealkylation sites (tertiary alicyclic amines) is 1. The number of hydrogen-bond acceptors (Lipinski definition) is 3. The molecule has 1 aliphatic rings. The first kappa shape index (κ1) is 22.1. The summed E-state index contributed by atoms with van der Waals surface area (Å²) in [4.78, 5) is 14.5. The molecule has 0 atom stereocenters. The van der Waals surface area contributed by atoms with Gasteiger partial charge in [0.2, 0.25) is 5.91 Å². The van der Waals surface area contributed by atoms with Crippen molar-refractivity contribution in [3.63, 3.8) is 0 Å². The molecule has 0 aliphatic carbocycles. The number of ether oxygens (including phenoxy) is 1. The van der Waals surface area contributed by atoms with Crippen molar-refractivity contribution >= 4 is 24.0 Å². The minimum atomic E-state index is 0. The molecule has 28 heavy (non-hydrogen) atoms. The van der Waals surface area contributed by atoms with Crippen LogP contribution in [-0.2, 0) is 17.6 Å². The van der Waals surface area contributed by atoms with Crippen LogP contribution < -0.4 is 10.5 Å². The van der Waals surface area contributed by atoms with Crippen molar-refractivity contribution in [1.29, 1.82) is 0 Å². The summed E-state index contributed by atoms with van der Waals surface area (Å²) in [6.45, 7) is 4.46. The minimum absolute atomic E-state index is 0. The van der Waals surface area contributed by atoms with Crippen LogP contribution in [0, 0.1) is 5.92 Å². The summed E-state index contributed by atoms with van der Waals surface area (Å²) in [6.07, 6.45) is 4.95. The van der Waals surface area contributed by atoms with Crippen molar-refractivity contribution < 1.29 is 9.53 Å². The van der Waals surface area contributed by atoms with Gasteiger partial charge >= 0.3 is 0 Å². The maximum Gasteiger partial charge on any atom is 0.226 e. The molecular formula is C23H31ClN2O2. The molecule has 0 bridgehead atoms. The Morgan fingerprint density at radius 3 is 2.25 bits per heavy atom. The van der Waals surface area contributed by atoms with Gasteiger partial charge in [0.1, 0.15) is 5.75 Å². The Hall–Kier alpha value is -2.20. The second kappa shape index (κ2) is 11.0. The van der Waals surface area contributed by atoms with E-state index in [2.05, 4.69) is 24.3 Å². The van der Waals surface area contributed by atoms with E-state index in [4.69, 9.17) is 10.5 Å². The Labute approximate surface area is 174 Å². The van der Waals surface area contributed by atoms with Gasteiger partial charge < -0.3 is 15.4 Å². The van der Waals surface area contributed by atoms with Gasteiger partial charge in [-0.05, 0) is 73.9 Å². The number of nitrogens with zero attached hydrogens (tertiary/aromatic N) is 1. The molecule has 3 rings (SSSR count). The number of nitrogens with two attached hydrogens (primary N) is 1. The highest BCUT2D eigenvalue weighted by atomic mass is 35.5. The number of nitrogen functional groups attached to an aromatic ring is 1. The van der Waals surface area contributed by atoms with Crippen LogP contribution in [0.2, 0.25) is 0 Å². The molecule has 0 unspecified atom stereocenters. The first-order chi connectivity index (χ1) is 13.1. The standard InChI is InChI=1S/C23H30N2O2.ClH/c1-2-27-22-11-7-18(8-12-22)3-4-19-13-15-25(16-14-19)23(26)17-20-5-9-21(24)10-6-20;/h5-12,19H,2-4,13-17,24H2,1H3;1H. The monoisotopic (exact) mass is 402 g/mol. The Kier molecular flexibility index (Phi) is 8.65. The van der Waals surface area contributed by atoms with E-state index in [1.165, 1.54) is 12.0 Å². The molecular weight excluding hydrogens is 372 g/mol. The quantitative estimate of drug-likeness (QED) is 0.693. The van der Waals surface area contributed by atoms with Crippen LogP contribution >= 0.6 is 12.4 Å². The predicted octanol–water partition coefficient (Wildman–Crippen LogP) is 4.50. The van der Waals surface area contributed by atoms with Crippen molar-refractivity contribution in [3.8, 4) is 5.75 Å². The van der Waals surface area contributed by atoms with Gasteiger partial charge in [-0.1, -0.05) is 24.3 Å². The second-order valence-electron chi connectivity index (χ2n) is 7.36. The molecule has 0 radical (unpaired) electrons. The molecule has 1 saturated heterocycles. The van der Waals surface area contributed by atoms with E-state index in [-0.39, 0.29) is 18.3 Å². The van der Waals surface area contributed by atoms with Gasteiger partial charge in [0, 0.05) is 18.8 Å². The van der Waals surface area contributed by atoms with Crippen LogP contribution in [-0.4, -0.2) is 30.5 Å². The van der Waals surface area contributed by atoms with Gasteiger partial charge in [-0.2, -0.15) is 0 Å². The first-order valence-corrected chi connectivity index (χ1v) is 9.98. The molecule has 2 N–H and O–H groups in total. The fourth-order valence-electron chi connectivity index (χ4n) is 3.68. The van der Waals surface area contributed by atoms with Gasteiger partial charge in [0.25, 0.3) is 0 Å². The van der Waals surface area contributed by atoms with Crippen LogP contribution in [0.4, 0.5) is 5.69 Å². The van der Waals surface area contributed by atoms with E-state index in [1.54, 1.807) is 0 Å². The van der Waals surface area contributed by atoms with Crippen molar-refractivity contribution in [2.24, 2.45) is 5.92 Å². The lowest BCUT2D eigenvalue weighted by Crippen LogP contribution is -2.39. The Morgan fingerprint density at radius 1 is 1.04 bits per heavy atom. The minimum Gasteiger partial charge on any atom is -0.494 e. The molecule has 2 aromatic carbocycles. The highest BCUT2D eigenvalue weighted by Crippen LogP contribution is 2.24.